The zero-order valence-corrected chi connectivity index (χ0v) is 9.76. The van der Waals surface area contributed by atoms with Crippen LogP contribution in [0, 0.1) is 0 Å². The fraction of sp³-hybridized carbons (Fsp3) is 0.545. The van der Waals surface area contributed by atoms with E-state index in [4.69, 9.17) is 4.52 Å². The van der Waals surface area contributed by atoms with Crippen LogP contribution in [0.15, 0.2) is 16.8 Å². The van der Waals surface area contributed by atoms with Crippen LogP contribution in [0.5, 0.6) is 0 Å². The smallest absolute Gasteiger partial charge is 0.278 e. The molecule has 1 aliphatic rings. The summed E-state index contributed by atoms with van der Waals surface area (Å²) in [6.07, 6.45) is 4.15. The zero-order chi connectivity index (χ0) is 11.7. The molecular weight excluding hydrogens is 218 g/mol. The summed E-state index contributed by atoms with van der Waals surface area (Å²) < 4.78 is 7.08. The molecule has 0 saturated carbocycles. The molecule has 1 saturated heterocycles. The van der Waals surface area contributed by atoms with Crippen LogP contribution in [-0.4, -0.2) is 26.5 Å². The van der Waals surface area contributed by atoms with Crippen LogP contribution in [0.1, 0.15) is 31.6 Å². The van der Waals surface area contributed by atoms with E-state index in [9.17, 15) is 0 Å². The Kier molecular flexibility index (Phi) is 2.64. The molecule has 6 nitrogen and oxygen atoms in total. The Bertz CT molecular complexity index is 497. The van der Waals surface area contributed by atoms with Gasteiger partial charge >= 0.3 is 0 Å². The summed E-state index contributed by atoms with van der Waals surface area (Å²) in [4.78, 5) is 4.39. The van der Waals surface area contributed by atoms with E-state index in [1.165, 1.54) is 6.42 Å². The summed E-state index contributed by atoms with van der Waals surface area (Å²) in [5, 5.41) is 11.7. The van der Waals surface area contributed by atoms with Crippen molar-refractivity contribution < 1.29 is 4.52 Å². The van der Waals surface area contributed by atoms with Crippen molar-refractivity contribution in [2.45, 2.75) is 32.4 Å². The molecule has 1 atom stereocenters. The Labute approximate surface area is 99.0 Å². The fourth-order valence-electron chi connectivity index (χ4n) is 2.04. The molecular formula is C11H15N5O. The Morgan fingerprint density at radius 1 is 1.59 bits per heavy atom. The lowest BCUT2D eigenvalue weighted by Gasteiger charge is -2.01. The first-order chi connectivity index (χ1) is 8.36. The number of rotatable bonds is 3. The van der Waals surface area contributed by atoms with Crippen molar-refractivity contribution >= 4 is 0 Å². The first-order valence-electron chi connectivity index (χ1n) is 5.97. The normalized spacial score (nSPS) is 19.9. The quantitative estimate of drug-likeness (QED) is 0.867. The average Bonchev–Trinajstić information content (AvgIpc) is 3.09. The van der Waals surface area contributed by atoms with Crippen molar-refractivity contribution in [1.82, 2.24) is 25.2 Å². The molecule has 2 aromatic heterocycles. The van der Waals surface area contributed by atoms with Crippen LogP contribution in [0.3, 0.4) is 0 Å². The highest BCUT2D eigenvalue weighted by atomic mass is 16.5. The molecule has 90 valence electrons. The minimum Gasteiger partial charge on any atom is -0.332 e. The lowest BCUT2D eigenvalue weighted by atomic mass is 10.2. The lowest BCUT2D eigenvalue weighted by Crippen LogP contribution is -2.14. The largest absolute Gasteiger partial charge is 0.332 e. The van der Waals surface area contributed by atoms with E-state index in [1.54, 1.807) is 0 Å². The van der Waals surface area contributed by atoms with E-state index >= 15 is 0 Å². The molecule has 1 N–H and O–H groups in total. The predicted molar refractivity (Wildman–Crippen MR) is 61.2 cm³/mol. The van der Waals surface area contributed by atoms with Gasteiger partial charge in [-0.2, -0.15) is 10.1 Å². The molecule has 0 aromatic carbocycles. The first-order valence-corrected chi connectivity index (χ1v) is 5.97. The molecule has 2 aromatic rings. The van der Waals surface area contributed by atoms with Crippen LogP contribution < -0.4 is 5.32 Å². The van der Waals surface area contributed by atoms with E-state index < -0.39 is 0 Å². The fourth-order valence-corrected chi connectivity index (χ4v) is 2.04. The molecule has 6 heteroatoms. The highest BCUT2D eigenvalue weighted by molar-refractivity contribution is 5.44. The second-order valence-electron chi connectivity index (χ2n) is 4.16. The second kappa shape index (κ2) is 4.29. The van der Waals surface area contributed by atoms with Crippen LogP contribution in [0.25, 0.3) is 11.6 Å². The highest BCUT2D eigenvalue weighted by Gasteiger charge is 2.22. The summed E-state index contributed by atoms with van der Waals surface area (Å²) in [6, 6.07) is 2.13. The maximum absolute atomic E-state index is 5.24. The minimum atomic E-state index is 0.237. The van der Waals surface area contributed by atoms with Gasteiger partial charge < -0.3 is 9.84 Å². The van der Waals surface area contributed by atoms with Gasteiger partial charge in [0.1, 0.15) is 0 Å². The highest BCUT2D eigenvalue weighted by Crippen LogP contribution is 2.23. The summed E-state index contributed by atoms with van der Waals surface area (Å²) in [6.45, 7) is 3.91. The first kappa shape index (κ1) is 10.5. The van der Waals surface area contributed by atoms with E-state index in [1.807, 2.05) is 23.9 Å². The van der Waals surface area contributed by atoms with E-state index in [2.05, 4.69) is 20.6 Å². The van der Waals surface area contributed by atoms with Crippen molar-refractivity contribution in [2.24, 2.45) is 0 Å². The van der Waals surface area contributed by atoms with Crippen LogP contribution in [0.4, 0.5) is 0 Å². The monoisotopic (exact) mass is 233 g/mol. The average molecular weight is 233 g/mol. The van der Waals surface area contributed by atoms with E-state index in [-0.39, 0.29) is 6.04 Å². The van der Waals surface area contributed by atoms with Crippen molar-refractivity contribution in [3.63, 3.8) is 0 Å². The van der Waals surface area contributed by atoms with Gasteiger partial charge in [0.25, 0.3) is 5.89 Å². The number of aromatic nitrogens is 4. The Hall–Kier alpha value is -1.69. The van der Waals surface area contributed by atoms with Gasteiger partial charge in [-0.1, -0.05) is 5.16 Å². The van der Waals surface area contributed by atoms with Gasteiger partial charge in [0.2, 0.25) is 0 Å². The van der Waals surface area contributed by atoms with Gasteiger partial charge in [-0.05, 0) is 32.4 Å². The second-order valence-corrected chi connectivity index (χ2v) is 4.16. The van der Waals surface area contributed by atoms with E-state index in [0.29, 0.717) is 5.89 Å². The molecule has 0 spiro atoms. The van der Waals surface area contributed by atoms with Crippen molar-refractivity contribution in [1.29, 1.82) is 0 Å². The van der Waals surface area contributed by atoms with Crippen LogP contribution >= 0.6 is 0 Å². The molecule has 1 aliphatic heterocycles. The molecule has 0 amide bonds. The molecule has 0 radical (unpaired) electrons. The molecule has 0 bridgehead atoms. The number of hydrogen-bond acceptors (Lipinski definition) is 5. The summed E-state index contributed by atoms with van der Waals surface area (Å²) >= 11 is 0. The summed E-state index contributed by atoms with van der Waals surface area (Å²) in [5.41, 5.74) is 0.739. The Morgan fingerprint density at radius 3 is 3.24 bits per heavy atom. The van der Waals surface area contributed by atoms with Gasteiger partial charge in [0.15, 0.2) is 11.5 Å². The minimum absolute atomic E-state index is 0.237. The number of nitrogens with one attached hydrogen (secondary N) is 1. The van der Waals surface area contributed by atoms with Gasteiger partial charge in [-0.25, -0.2) is 0 Å². The summed E-state index contributed by atoms with van der Waals surface area (Å²) in [7, 11) is 0. The van der Waals surface area contributed by atoms with Crippen LogP contribution in [-0.2, 0) is 6.54 Å². The molecule has 17 heavy (non-hydrogen) atoms. The van der Waals surface area contributed by atoms with Crippen molar-refractivity contribution in [3.05, 3.63) is 18.1 Å². The third kappa shape index (κ3) is 1.95. The molecule has 0 aliphatic carbocycles. The standard InChI is InChI=1S/C11H15N5O/c1-2-16-7-5-9(14-16)11-13-10(15-17-11)8-4-3-6-12-8/h5,7-8,12H,2-4,6H2,1H3/t8-/m1/s1. The number of aryl methyl sites for hydroxylation is 1. The van der Waals surface area contributed by atoms with Crippen molar-refractivity contribution in [2.75, 3.05) is 6.54 Å². The lowest BCUT2D eigenvalue weighted by molar-refractivity contribution is 0.410. The van der Waals surface area contributed by atoms with Gasteiger partial charge in [-0.15, -0.1) is 0 Å². The third-order valence-electron chi connectivity index (χ3n) is 3.00. The maximum Gasteiger partial charge on any atom is 0.278 e. The van der Waals surface area contributed by atoms with Gasteiger partial charge in [-0.3, -0.25) is 4.68 Å². The zero-order valence-electron chi connectivity index (χ0n) is 9.76. The number of nitrogens with zero attached hydrogens (tertiary/aromatic N) is 4. The molecule has 1 fully saturated rings. The number of hydrogen-bond donors (Lipinski definition) is 1. The van der Waals surface area contributed by atoms with E-state index in [0.717, 1.165) is 31.0 Å². The SMILES string of the molecule is CCn1ccc(-c2nc([C@H]3CCCN3)no2)n1. The predicted octanol–water partition coefficient (Wildman–Crippen LogP) is 1.38. The molecule has 3 rings (SSSR count). The van der Waals surface area contributed by atoms with Gasteiger partial charge in [0, 0.05) is 12.7 Å². The Balaban J connectivity index is 1.83. The van der Waals surface area contributed by atoms with Crippen molar-refractivity contribution in [3.8, 4) is 11.6 Å². The Morgan fingerprint density at radius 2 is 2.53 bits per heavy atom. The van der Waals surface area contributed by atoms with Gasteiger partial charge in [0.05, 0.1) is 6.04 Å². The molecule has 0 unspecified atom stereocenters. The topological polar surface area (TPSA) is 68.8 Å². The summed E-state index contributed by atoms with van der Waals surface area (Å²) in [5.74, 6) is 1.24. The third-order valence-corrected chi connectivity index (χ3v) is 3.00. The maximum atomic E-state index is 5.24. The van der Waals surface area contributed by atoms with Crippen LogP contribution in [0.2, 0.25) is 0 Å². The molecule has 3 heterocycles.